The first-order valence-corrected chi connectivity index (χ1v) is 39.6. The highest BCUT2D eigenvalue weighted by atomic mass is 31.2. The van der Waals surface area contributed by atoms with Crippen LogP contribution < -0.4 is 0 Å². The van der Waals surface area contributed by atoms with Gasteiger partial charge in [-0.05, 0) is 37.5 Å². The molecule has 0 spiro atoms. The molecule has 0 radical (unpaired) electrons. The van der Waals surface area contributed by atoms with Gasteiger partial charge in [-0.3, -0.25) is 37.3 Å². The van der Waals surface area contributed by atoms with Crippen molar-refractivity contribution in [2.24, 2.45) is 11.8 Å². The van der Waals surface area contributed by atoms with Gasteiger partial charge < -0.3 is 33.8 Å². The van der Waals surface area contributed by atoms with E-state index in [0.29, 0.717) is 25.7 Å². The first-order chi connectivity index (χ1) is 42.9. The third-order valence-electron chi connectivity index (χ3n) is 16.9. The second-order valence-electron chi connectivity index (χ2n) is 25.8. The fourth-order valence-corrected chi connectivity index (χ4v) is 12.1. The minimum atomic E-state index is -4.95. The lowest BCUT2D eigenvalue weighted by molar-refractivity contribution is -0.161. The highest BCUT2D eigenvalue weighted by Crippen LogP contribution is 2.45. The van der Waals surface area contributed by atoms with Gasteiger partial charge in [-0.1, -0.05) is 305 Å². The van der Waals surface area contributed by atoms with Crippen LogP contribution in [0.5, 0.6) is 0 Å². The van der Waals surface area contributed by atoms with Crippen LogP contribution >= 0.6 is 15.6 Å². The number of carbonyl (C=O) groups is 4. The van der Waals surface area contributed by atoms with Crippen LogP contribution in [0.15, 0.2) is 0 Å². The Hall–Kier alpha value is -1.94. The van der Waals surface area contributed by atoms with E-state index in [-0.39, 0.29) is 25.7 Å². The van der Waals surface area contributed by atoms with Crippen LogP contribution in [-0.2, 0) is 65.4 Å². The first-order valence-electron chi connectivity index (χ1n) is 36.6. The van der Waals surface area contributed by atoms with Crippen molar-refractivity contribution in [1.82, 2.24) is 0 Å². The molecule has 4 unspecified atom stereocenters. The molecular weight excluding hydrogens is 1170 g/mol. The molecule has 19 heteroatoms. The molecule has 0 amide bonds. The average Bonchev–Trinajstić information content (AvgIpc) is 3.66. The monoisotopic (exact) mass is 1310 g/mol. The Labute approximate surface area is 543 Å². The maximum atomic E-state index is 13.0. The molecule has 0 rings (SSSR count). The summed E-state index contributed by atoms with van der Waals surface area (Å²) in [4.78, 5) is 72.2. The molecule has 3 N–H and O–H groups in total. The average molecular weight is 1310 g/mol. The normalized spacial score (nSPS) is 14.8. The Bertz CT molecular complexity index is 1740. The molecular formula is C70H136O17P2. The molecule has 528 valence electrons. The second-order valence-corrected chi connectivity index (χ2v) is 28.7. The highest BCUT2D eigenvalue weighted by molar-refractivity contribution is 7.47. The van der Waals surface area contributed by atoms with E-state index in [2.05, 4.69) is 41.5 Å². The third-order valence-corrected chi connectivity index (χ3v) is 18.8. The lowest BCUT2D eigenvalue weighted by Gasteiger charge is -2.21. The Balaban J connectivity index is 5.09. The topological polar surface area (TPSA) is 237 Å². The molecule has 0 saturated heterocycles. The zero-order valence-corrected chi connectivity index (χ0v) is 59.5. The number of carbonyl (C=O) groups excluding carboxylic acids is 4. The number of aliphatic hydroxyl groups excluding tert-OH is 1. The Kier molecular flexibility index (Phi) is 60.8. The zero-order chi connectivity index (χ0) is 65.7. The number of aliphatic hydroxyl groups is 1. The summed E-state index contributed by atoms with van der Waals surface area (Å²) in [5, 5.41) is 10.5. The van der Waals surface area contributed by atoms with Gasteiger partial charge in [0.05, 0.1) is 26.4 Å². The van der Waals surface area contributed by atoms with Crippen molar-refractivity contribution in [2.75, 3.05) is 39.6 Å². The Morgan fingerprint density at radius 3 is 0.798 bits per heavy atom. The van der Waals surface area contributed by atoms with Gasteiger partial charge in [-0.15, -0.1) is 0 Å². The van der Waals surface area contributed by atoms with Crippen molar-refractivity contribution in [1.29, 1.82) is 0 Å². The number of phosphoric acid groups is 2. The number of rotatable bonds is 69. The highest BCUT2D eigenvalue weighted by Gasteiger charge is 2.30. The minimum absolute atomic E-state index is 0.102. The maximum Gasteiger partial charge on any atom is 0.472 e. The van der Waals surface area contributed by atoms with Gasteiger partial charge in [0, 0.05) is 25.7 Å². The van der Waals surface area contributed by atoms with Crippen molar-refractivity contribution in [3.63, 3.8) is 0 Å². The van der Waals surface area contributed by atoms with E-state index in [1.165, 1.54) is 167 Å². The summed E-state index contributed by atoms with van der Waals surface area (Å²) in [5.74, 6) is -0.643. The predicted molar refractivity (Wildman–Crippen MR) is 358 cm³/mol. The van der Waals surface area contributed by atoms with Crippen molar-refractivity contribution < 1.29 is 80.2 Å². The predicted octanol–water partition coefficient (Wildman–Crippen LogP) is 20.0. The molecule has 89 heavy (non-hydrogen) atoms. The molecule has 0 aliphatic heterocycles. The second kappa shape index (κ2) is 62.2. The van der Waals surface area contributed by atoms with Gasteiger partial charge in [0.25, 0.3) is 0 Å². The number of phosphoric ester groups is 2. The minimum Gasteiger partial charge on any atom is -0.462 e. The molecule has 0 aliphatic carbocycles. The molecule has 0 aromatic carbocycles. The number of unbranched alkanes of at least 4 members (excludes halogenated alkanes) is 37. The fraction of sp³-hybridized carbons (Fsp3) is 0.943. The third kappa shape index (κ3) is 62.0. The van der Waals surface area contributed by atoms with Crippen LogP contribution in [0.1, 0.15) is 356 Å². The molecule has 0 bridgehead atoms. The van der Waals surface area contributed by atoms with Crippen molar-refractivity contribution in [3.8, 4) is 0 Å². The van der Waals surface area contributed by atoms with Crippen LogP contribution in [-0.4, -0.2) is 96.7 Å². The largest absolute Gasteiger partial charge is 0.472 e. The summed E-state index contributed by atoms with van der Waals surface area (Å²) in [6.45, 7) is 9.40. The standard InChI is InChI=1S/C70H136O17P2/c1-7-11-13-15-16-17-18-19-20-21-22-23-24-25-26-27-28-29-30-35-42-48-54-69(74)86-66(59-81-68(73)53-47-41-34-32-31-33-39-44-50-62(5)9-3)61-85-89(78,79)83-57-64(71)56-82-88(76,77)84-60-65(58-80-67(72)52-46-38-14-12-8-2)87-70(75)55-49-43-37-36-40-45-51-63(6)10-4/h62-66,71H,7-61H2,1-6H3,(H,76,77)(H,78,79)/t62?,63?,64-,65+,66+/m0/s1. The quantitative estimate of drug-likeness (QED) is 0.0222. The van der Waals surface area contributed by atoms with Crippen LogP contribution in [0.2, 0.25) is 0 Å². The Morgan fingerprint density at radius 2 is 0.539 bits per heavy atom. The van der Waals surface area contributed by atoms with Crippen LogP contribution in [0.4, 0.5) is 0 Å². The molecule has 17 nitrogen and oxygen atoms in total. The van der Waals surface area contributed by atoms with Gasteiger partial charge >= 0.3 is 39.5 Å². The van der Waals surface area contributed by atoms with E-state index in [1.807, 2.05) is 0 Å². The number of esters is 4. The molecule has 0 heterocycles. The molecule has 0 saturated carbocycles. The summed E-state index contributed by atoms with van der Waals surface area (Å²) in [5.41, 5.74) is 0. The Morgan fingerprint density at radius 1 is 0.315 bits per heavy atom. The number of ether oxygens (including phenoxy) is 4. The molecule has 0 aromatic heterocycles. The van der Waals surface area contributed by atoms with Crippen LogP contribution in [0, 0.1) is 11.8 Å². The SMILES string of the molecule is CCCCCCCCCCCCCCCCCCCCCCCCC(=O)O[C@H](COC(=O)CCCCCCCCCCC(C)CC)COP(=O)(O)OC[C@@H](O)COP(=O)(O)OC[C@@H](COC(=O)CCCCCCC)OC(=O)CCCCCCCCC(C)CC. The first kappa shape index (κ1) is 87.1. The lowest BCUT2D eigenvalue weighted by Crippen LogP contribution is -2.30. The van der Waals surface area contributed by atoms with E-state index in [9.17, 15) is 43.2 Å². The summed E-state index contributed by atoms with van der Waals surface area (Å²) < 4.78 is 68.0. The summed E-state index contributed by atoms with van der Waals surface area (Å²) in [6.07, 6.45) is 47.9. The summed E-state index contributed by atoms with van der Waals surface area (Å²) in [6, 6.07) is 0. The zero-order valence-electron chi connectivity index (χ0n) is 57.7. The van der Waals surface area contributed by atoms with E-state index in [0.717, 1.165) is 108 Å². The number of hydrogen-bond donors (Lipinski definition) is 3. The maximum absolute atomic E-state index is 13.0. The lowest BCUT2D eigenvalue weighted by atomic mass is 9.99. The van der Waals surface area contributed by atoms with E-state index >= 15 is 0 Å². The molecule has 0 fully saturated rings. The summed E-state index contributed by atoms with van der Waals surface area (Å²) >= 11 is 0. The van der Waals surface area contributed by atoms with Crippen molar-refractivity contribution >= 4 is 39.5 Å². The van der Waals surface area contributed by atoms with Gasteiger partial charge in [0.15, 0.2) is 12.2 Å². The van der Waals surface area contributed by atoms with Crippen LogP contribution in [0.25, 0.3) is 0 Å². The molecule has 7 atom stereocenters. The number of hydrogen-bond acceptors (Lipinski definition) is 15. The van der Waals surface area contributed by atoms with E-state index < -0.39 is 97.5 Å². The summed E-state index contributed by atoms with van der Waals surface area (Å²) in [7, 11) is -9.89. The van der Waals surface area contributed by atoms with Crippen molar-refractivity contribution in [2.45, 2.75) is 374 Å². The molecule has 0 aromatic rings. The van der Waals surface area contributed by atoms with E-state index in [4.69, 9.17) is 37.0 Å². The van der Waals surface area contributed by atoms with Crippen LogP contribution in [0.3, 0.4) is 0 Å². The van der Waals surface area contributed by atoms with E-state index in [1.54, 1.807) is 0 Å². The fourth-order valence-electron chi connectivity index (χ4n) is 10.5. The van der Waals surface area contributed by atoms with Crippen molar-refractivity contribution in [3.05, 3.63) is 0 Å². The van der Waals surface area contributed by atoms with Gasteiger partial charge in [-0.25, -0.2) is 9.13 Å². The van der Waals surface area contributed by atoms with Gasteiger partial charge in [-0.2, -0.15) is 0 Å². The molecule has 0 aliphatic rings. The smallest absolute Gasteiger partial charge is 0.462 e. The van der Waals surface area contributed by atoms with Gasteiger partial charge in [0.1, 0.15) is 19.3 Å². The van der Waals surface area contributed by atoms with Gasteiger partial charge in [0.2, 0.25) is 0 Å².